The third-order valence-electron chi connectivity index (χ3n) is 5.56. The first-order chi connectivity index (χ1) is 15.6. The van der Waals surface area contributed by atoms with E-state index in [2.05, 4.69) is 28.9 Å². The first-order valence-corrected chi connectivity index (χ1v) is 11.1. The highest BCUT2D eigenvalue weighted by Gasteiger charge is 2.11. The van der Waals surface area contributed by atoms with E-state index in [-0.39, 0.29) is 5.91 Å². The number of aromatic nitrogens is 2. The number of nitrogens with zero attached hydrogens (tertiary/aromatic N) is 2. The van der Waals surface area contributed by atoms with Gasteiger partial charge in [0.15, 0.2) is 0 Å². The number of nitrogens with one attached hydrogen (secondary N) is 1. The van der Waals surface area contributed by atoms with Crippen molar-refractivity contribution < 1.29 is 9.53 Å². The molecule has 0 aliphatic carbocycles. The molecule has 0 saturated carbocycles. The van der Waals surface area contributed by atoms with Crippen molar-refractivity contribution in [2.75, 3.05) is 13.2 Å². The number of hydrogen-bond acceptors (Lipinski definition) is 3. The summed E-state index contributed by atoms with van der Waals surface area (Å²) in [5, 5.41) is 3.02. The summed E-state index contributed by atoms with van der Waals surface area (Å²) in [5.41, 5.74) is 5.06. The summed E-state index contributed by atoms with van der Waals surface area (Å²) in [6.45, 7) is 6.06. The second kappa shape index (κ2) is 10.1. The van der Waals surface area contributed by atoms with Gasteiger partial charge < -0.3 is 14.6 Å². The molecule has 1 amide bonds. The van der Waals surface area contributed by atoms with Gasteiger partial charge in [0.2, 0.25) is 0 Å². The Bertz CT molecular complexity index is 1200. The zero-order chi connectivity index (χ0) is 22.3. The minimum Gasteiger partial charge on any atom is -0.493 e. The van der Waals surface area contributed by atoms with Gasteiger partial charge in [0, 0.05) is 25.1 Å². The van der Waals surface area contributed by atoms with Crippen LogP contribution in [0.15, 0.2) is 72.8 Å². The van der Waals surface area contributed by atoms with Gasteiger partial charge in [-0.05, 0) is 56.2 Å². The van der Waals surface area contributed by atoms with Crippen LogP contribution in [0, 0.1) is 13.8 Å². The van der Waals surface area contributed by atoms with Crippen molar-refractivity contribution in [1.82, 2.24) is 14.9 Å². The summed E-state index contributed by atoms with van der Waals surface area (Å²) in [7, 11) is 0. The molecule has 5 heteroatoms. The summed E-state index contributed by atoms with van der Waals surface area (Å²) < 4.78 is 8.21. The van der Waals surface area contributed by atoms with Gasteiger partial charge in [-0.2, -0.15) is 0 Å². The maximum atomic E-state index is 12.4. The standard InChI is InChI=1S/C27H29N3O2/c1-20-12-14-22(15-13-20)27(31)28-17-16-26-29-23-9-4-5-10-24(23)30(26)18-7-19-32-25-11-6-3-8-21(25)2/h3-6,8-15H,7,16-19H2,1-2H3,(H,28,31). The number of ether oxygens (including phenoxy) is 1. The molecule has 0 spiro atoms. The van der Waals surface area contributed by atoms with Crippen LogP contribution in [0.3, 0.4) is 0 Å². The molecular weight excluding hydrogens is 398 g/mol. The number of benzene rings is 3. The average Bonchev–Trinajstić information content (AvgIpc) is 3.15. The summed E-state index contributed by atoms with van der Waals surface area (Å²) in [6.07, 6.45) is 1.54. The predicted octanol–water partition coefficient (Wildman–Crippen LogP) is 5.09. The molecule has 0 saturated heterocycles. The molecule has 0 bridgehead atoms. The number of para-hydroxylation sites is 3. The number of hydrogen-bond donors (Lipinski definition) is 1. The maximum absolute atomic E-state index is 12.4. The second-order valence-electron chi connectivity index (χ2n) is 8.01. The van der Waals surface area contributed by atoms with Crippen LogP contribution in [0.5, 0.6) is 5.75 Å². The summed E-state index contributed by atoms with van der Waals surface area (Å²) in [4.78, 5) is 17.2. The van der Waals surface area contributed by atoms with Crippen molar-refractivity contribution in [1.29, 1.82) is 0 Å². The first kappa shape index (κ1) is 21.6. The van der Waals surface area contributed by atoms with Crippen molar-refractivity contribution >= 4 is 16.9 Å². The topological polar surface area (TPSA) is 56.2 Å². The Morgan fingerprint density at radius 2 is 1.72 bits per heavy atom. The van der Waals surface area contributed by atoms with Gasteiger partial charge in [0.25, 0.3) is 5.91 Å². The van der Waals surface area contributed by atoms with Crippen molar-refractivity contribution in [3.63, 3.8) is 0 Å². The molecule has 0 atom stereocenters. The van der Waals surface area contributed by atoms with E-state index in [0.717, 1.165) is 46.7 Å². The Morgan fingerprint density at radius 3 is 2.53 bits per heavy atom. The molecule has 164 valence electrons. The van der Waals surface area contributed by atoms with Crippen LogP contribution >= 0.6 is 0 Å². The minimum atomic E-state index is -0.0562. The molecule has 1 N–H and O–H groups in total. The fraction of sp³-hybridized carbons (Fsp3) is 0.259. The van der Waals surface area contributed by atoms with Crippen LogP contribution in [-0.2, 0) is 13.0 Å². The maximum Gasteiger partial charge on any atom is 0.251 e. The quantitative estimate of drug-likeness (QED) is 0.378. The molecular formula is C27H29N3O2. The Balaban J connectivity index is 1.38. The lowest BCUT2D eigenvalue weighted by Crippen LogP contribution is -2.26. The first-order valence-electron chi connectivity index (χ1n) is 11.1. The average molecular weight is 428 g/mol. The van der Waals surface area contributed by atoms with Crippen molar-refractivity contribution in [2.45, 2.75) is 33.2 Å². The summed E-state index contributed by atoms with van der Waals surface area (Å²) in [6, 6.07) is 23.9. The third kappa shape index (κ3) is 5.17. The second-order valence-corrected chi connectivity index (χ2v) is 8.01. The molecule has 5 nitrogen and oxygen atoms in total. The highest BCUT2D eigenvalue weighted by molar-refractivity contribution is 5.94. The van der Waals surface area contributed by atoms with E-state index in [1.807, 2.05) is 67.6 Å². The van der Waals surface area contributed by atoms with Gasteiger partial charge in [-0.3, -0.25) is 4.79 Å². The molecule has 32 heavy (non-hydrogen) atoms. The third-order valence-corrected chi connectivity index (χ3v) is 5.56. The van der Waals surface area contributed by atoms with E-state index in [4.69, 9.17) is 9.72 Å². The van der Waals surface area contributed by atoms with Gasteiger partial charge in [-0.1, -0.05) is 48.0 Å². The van der Waals surface area contributed by atoms with E-state index in [1.54, 1.807) is 0 Å². The van der Waals surface area contributed by atoms with Gasteiger partial charge >= 0.3 is 0 Å². The molecule has 0 aliphatic rings. The SMILES string of the molecule is Cc1ccc(C(=O)NCCc2nc3ccccc3n2CCCOc2ccccc2C)cc1. The molecule has 4 aromatic rings. The molecule has 0 fully saturated rings. The van der Waals surface area contributed by atoms with Crippen LogP contribution in [-0.4, -0.2) is 28.6 Å². The number of imidazole rings is 1. The lowest BCUT2D eigenvalue weighted by molar-refractivity contribution is 0.0954. The van der Waals surface area contributed by atoms with Gasteiger partial charge in [-0.15, -0.1) is 0 Å². The monoisotopic (exact) mass is 427 g/mol. The van der Waals surface area contributed by atoms with E-state index in [1.165, 1.54) is 0 Å². The smallest absolute Gasteiger partial charge is 0.251 e. The number of amides is 1. The number of rotatable bonds is 9. The minimum absolute atomic E-state index is 0.0562. The molecule has 0 radical (unpaired) electrons. The number of carbonyl (C=O) groups is 1. The van der Waals surface area contributed by atoms with Crippen molar-refractivity contribution in [3.05, 3.63) is 95.3 Å². The highest BCUT2D eigenvalue weighted by atomic mass is 16.5. The lowest BCUT2D eigenvalue weighted by atomic mass is 10.1. The van der Waals surface area contributed by atoms with E-state index >= 15 is 0 Å². The lowest BCUT2D eigenvalue weighted by Gasteiger charge is -2.12. The van der Waals surface area contributed by atoms with Crippen LogP contribution < -0.4 is 10.1 Å². The van der Waals surface area contributed by atoms with Crippen molar-refractivity contribution in [2.24, 2.45) is 0 Å². The number of fused-ring (bicyclic) bond motifs is 1. The largest absolute Gasteiger partial charge is 0.493 e. The van der Waals surface area contributed by atoms with Crippen LogP contribution in [0.25, 0.3) is 11.0 Å². The Kier molecular flexibility index (Phi) is 6.85. The zero-order valence-electron chi connectivity index (χ0n) is 18.7. The summed E-state index contributed by atoms with van der Waals surface area (Å²) in [5.74, 6) is 1.85. The Labute approximate surface area is 189 Å². The van der Waals surface area contributed by atoms with E-state index in [0.29, 0.717) is 25.1 Å². The molecule has 0 aliphatic heterocycles. The van der Waals surface area contributed by atoms with Crippen LogP contribution in [0.2, 0.25) is 0 Å². The van der Waals surface area contributed by atoms with E-state index < -0.39 is 0 Å². The van der Waals surface area contributed by atoms with Crippen LogP contribution in [0.1, 0.15) is 33.7 Å². The fourth-order valence-electron chi connectivity index (χ4n) is 3.78. The van der Waals surface area contributed by atoms with Gasteiger partial charge in [-0.25, -0.2) is 4.98 Å². The predicted molar refractivity (Wildman–Crippen MR) is 128 cm³/mol. The fourth-order valence-corrected chi connectivity index (χ4v) is 3.78. The Hall–Kier alpha value is -3.60. The van der Waals surface area contributed by atoms with E-state index in [9.17, 15) is 4.79 Å². The molecule has 0 unspecified atom stereocenters. The molecule has 1 heterocycles. The van der Waals surface area contributed by atoms with Gasteiger partial charge in [0.05, 0.1) is 17.6 Å². The molecule has 3 aromatic carbocycles. The van der Waals surface area contributed by atoms with Gasteiger partial charge in [0.1, 0.15) is 11.6 Å². The highest BCUT2D eigenvalue weighted by Crippen LogP contribution is 2.19. The number of carbonyl (C=O) groups excluding carboxylic acids is 1. The van der Waals surface area contributed by atoms with Crippen LogP contribution in [0.4, 0.5) is 0 Å². The summed E-state index contributed by atoms with van der Waals surface area (Å²) >= 11 is 0. The number of aryl methyl sites for hydroxylation is 3. The normalized spacial score (nSPS) is 10.9. The zero-order valence-corrected chi connectivity index (χ0v) is 18.7. The Morgan fingerprint density at radius 1 is 0.969 bits per heavy atom. The van der Waals surface area contributed by atoms with Crippen molar-refractivity contribution in [3.8, 4) is 5.75 Å². The molecule has 1 aromatic heterocycles. The molecule has 4 rings (SSSR count).